The van der Waals surface area contributed by atoms with Crippen molar-refractivity contribution in [2.45, 2.75) is 39.7 Å². The molecule has 1 aromatic carbocycles. The first-order valence-corrected chi connectivity index (χ1v) is 7.64. The third-order valence-electron chi connectivity index (χ3n) is 3.87. The summed E-state index contributed by atoms with van der Waals surface area (Å²) in [7, 11) is 0. The molecule has 0 spiro atoms. The van der Waals surface area contributed by atoms with Crippen LogP contribution in [-0.2, 0) is 13.0 Å². The average molecular weight is 279 g/mol. The second kappa shape index (κ2) is 6.08. The fourth-order valence-electron chi connectivity index (χ4n) is 2.71. The fourth-order valence-corrected chi connectivity index (χ4v) is 2.71. The first-order chi connectivity index (χ1) is 10.3. The highest BCUT2D eigenvalue weighted by Crippen LogP contribution is 2.21. The molecule has 108 valence electrons. The number of unbranched alkanes of at least 4 members (excludes halogenated alkanes) is 1. The third kappa shape index (κ3) is 2.82. The molecule has 0 atom stereocenters. The molecule has 2 aromatic heterocycles. The van der Waals surface area contributed by atoms with E-state index in [9.17, 15) is 0 Å². The van der Waals surface area contributed by atoms with Gasteiger partial charge in [0, 0.05) is 19.2 Å². The van der Waals surface area contributed by atoms with Crippen LogP contribution in [0.15, 0.2) is 42.6 Å². The van der Waals surface area contributed by atoms with E-state index in [2.05, 4.69) is 52.9 Å². The number of pyridine rings is 1. The van der Waals surface area contributed by atoms with Crippen LogP contribution in [0, 0.1) is 6.92 Å². The molecule has 0 unspecified atom stereocenters. The van der Waals surface area contributed by atoms with Gasteiger partial charge in [-0.3, -0.25) is 4.98 Å². The van der Waals surface area contributed by atoms with Gasteiger partial charge in [0.25, 0.3) is 0 Å². The van der Waals surface area contributed by atoms with Crippen LogP contribution in [0.25, 0.3) is 11.0 Å². The van der Waals surface area contributed by atoms with E-state index >= 15 is 0 Å². The lowest BCUT2D eigenvalue weighted by atomic mass is 10.1. The van der Waals surface area contributed by atoms with Crippen LogP contribution < -0.4 is 0 Å². The molecule has 3 heteroatoms. The zero-order chi connectivity index (χ0) is 14.7. The monoisotopic (exact) mass is 279 g/mol. The summed E-state index contributed by atoms with van der Waals surface area (Å²) in [5, 5.41) is 0. The van der Waals surface area contributed by atoms with Crippen molar-refractivity contribution in [2.24, 2.45) is 0 Å². The molecule has 0 saturated heterocycles. The van der Waals surface area contributed by atoms with Crippen LogP contribution >= 0.6 is 0 Å². The standard InChI is InChI=1S/C18H21N3/c1-3-4-12-21-16-10-11-19-14(2)18(16)20-17(21)13-15-8-6-5-7-9-15/h5-11H,3-4,12-13H2,1-2H3. The van der Waals surface area contributed by atoms with Crippen LogP contribution in [0.1, 0.15) is 36.8 Å². The number of nitrogens with zero attached hydrogens (tertiary/aromatic N) is 3. The minimum Gasteiger partial charge on any atom is -0.328 e. The van der Waals surface area contributed by atoms with Gasteiger partial charge in [-0.1, -0.05) is 43.7 Å². The molecule has 0 aliphatic carbocycles. The molecule has 0 aliphatic heterocycles. The van der Waals surface area contributed by atoms with E-state index in [4.69, 9.17) is 4.98 Å². The van der Waals surface area contributed by atoms with Gasteiger partial charge in [0.2, 0.25) is 0 Å². The lowest BCUT2D eigenvalue weighted by Gasteiger charge is -2.08. The SMILES string of the molecule is CCCCn1c(Cc2ccccc2)nc2c(C)nccc21. The largest absolute Gasteiger partial charge is 0.328 e. The van der Waals surface area contributed by atoms with Gasteiger partial charge in [0.15, 0.2) is 0 Å². The molecule has 3 nitrogen and oxygen atoms in total. The molecule has 21 heavy (non-hydrogen) atoms. The van der Waals surface area contributed by atoms with Gasteiger partial charge in [-0.2, -0.15) is 0 Å². The molecule has 0 saturated carbocycles. The predicted octanol–water partition coefficient (Wildman–Crippen LogP) is 4.13. The molecule has 0 amide bonds. The van der Waals surface area contributed by atoms with Gasteiger partial charge < -0.3 is 4.57 Å². The Hall–Kier alpha value is -2.16. The van der Waals surface area contributed by atoms with E-state index in [1.54, 1.807) is 0 Å². The van der Waals surface area contributed by atoms with Crippen molar-refractivity contribution in [3.05, 3.63) is 59.7 Å². The van der Waals surface area contributed by atoms with Crippen LogP contribution in [0.5, 0.6) is 0 Å². The number of aromatic nitrogens is 3. The van der Waals surface area contributed by atoms with E-state index in [1.807, 2.05) is 13.1 Å². The van der Waals surface area contributed by atoms with Gasteiger partial charge in [-0.05, 0) is 25.0 Å². The summed E-state index contributed by atoms with van der Waals surface area (Å²) in [4.78, 5) is 9.23. The summed E-state index contributed by atoms with van der Waals surface area (Å²) in [6, 6.07) is 12.6. The normalized spacial score (nSPS) is 11.1. The maximum Gasteiger partial charge on any atom is 0.114 e. The van der Waals surface area contributed by atoms with Crippen molar-refractivity contribution < 1.29 is 0 Å². The molecular weight excluding hydrogens is 258 g/mol. The number of imidazole rings is 1. The van der Waals surface area contributed by atoms with Crippen molar-refractivity contribution in [3.63, 3.8) is 0 Å². The highest BCUT2D eigenvalue weighted by Gasteiger charge is 2.12. The highest BCUT2D eigenvalue weighted by atomic mass is 15.1. The van der Waals surface area contributed by atoms with E-state index in [0.717, 1.165) is 30.0 Å². The summed E-state index contributed by atoms with van der Waals surface area (Å²) >= 11 is 0. The van der Waals surface area contributed by atoms with Gasteiger partial charge >= 0.3 is 0 Å². The molecule has 0 bridgehead atoms. The van der Waals surface area contributed by atoms with Crippen molar-refractivity contribution in [3.8, 4) is 0 Å². The topological polar surface area (TPSA) is 30.7 Å². The molecule has 3 aromatic rings. The molecule has 2 heterocycles. The highest BCUT2D eigenvalue weighted by molar-refractivity contribution is 5.78. The quantitative estimate of drug-likeness (QED) is 0.703. The Labute approximate surface area is 125 Å². The summed E-state index contributed by atoms with van der Waals surface area (Å²) in [5.74, 6) is 1.14. The van der Waals surface area contributed by atoms with E-state index in [-0.39, 0.29) is 0 Å². The van der Waals surface area contributed by atoms with Crippen LogP contribution in [0.3, 0.4) is 0 Å². The van der Waals surface area contributed by atoms with Crippen LogP contribution in [0.2, 0.25) is 0 Å². The minimum absolute atomic E-state index is 0.874. The average Bonchev–Trinajstić information content (AvgIpc) is 2.85. The predicted molar refractivity (Wildman–Crippen MR) is 86.4 cm³/mol. The van der Waals surface area contributed by atoms with Gasteiger partial charge in [0.1, 0.15) is 11.3 Å². The van der Waals surface area contributed by atoms with E-state index < -0.39 is 0 Å². The molecule has 0 radical (unpaired) electrons. The zero-order valence-electron chi connectivity index (χ0n) is 12.7. The smallest absolute Gasteiger partial charge is 0.114 e. The Morgan fingerprint density at radius 3 is 2.67 bits per heavy atom. The lowest BCUT2D eigenvalue weighted by molar-refractivity contribution is 0.623. The Kier molecular flexibility index (Phi) is 4.00. The Balaban J connectivity index is 2.05. The minimum atomic E-state index is 0.874. The number of benzene rings is 1. The summed E-state index contributed by atoms with van der Waals surface area (Å²) in [6.45, 7) is 5.28. The molecule has 3 rings (SSSR count). The van der Waals surface area contributed by atoms with Crippen molar-refractivity contribution in [1.82, 2.24) is 14.5 Å². The van der Waals surface area contributed by atoms with Gasteiger partial charge in [-0.25, -0.2) is 4.98 Å². The number of hydrogen-bond acceptors (Lipinski definition) is 2. The second-order valence-electron chi connectivity index (χ2n) is 5.46. The first kappa shape index (κ1) is 13.8. The Morgan fingerprint density at radius 1 is 1.10 bits per heavy atom. The summed E-state index contributed by atoms with van der Waals surface area (Å²) in [6.07, 6.45) is 5.12. The summed E-state index contributed by atoms with van der Waals surface area (Å²) < 4.78 is 2.36. The molecular formula is C18H21N3. The number of aryl methyl sites for hydroxylation is 2. The zero-order valence-corrected chi connectivity index (χ0v) is 12.7. The summed E-state index contributed by atoms with van der Waals surface area (Å²) in [5.41, 5.74) is 4.56. The lowest BCUT2D eigenvalue weighted by Crippen LogP contribution is -2.04. The van der Waals surface area contributed by atoms with E-state index in [0.29, 0.717) is 0 Å². The van der Waals surface area contributed by atoms with Gasteiger partial charge in [0.05, 0.1) is 11.2 Å². The fraction of sp³-hybridized carbons (Fsp3) is 0.333. The third-order valence-corrected chi connectivity index (χ3v) is 3.87. The maximum atomic E-state index is 4.86. The number of rotatable bonds is 5. The molecule has 0 fully saturated rings. The van der Waals surface area contributed by atoms with Gasteiger partial charge in [-0.15, -0.1) is 0 Å². The van der Waals surface area contributed by atoms with E-state index in [1.165, 1.54) is 23.9 Å². The molecule has 0 aliphatic rings. The second-order valence-corrected chi connectivity index (χ2v) is 5.46. The van der Waals surface area contributed by atoms with Crippen molar-refractivity contribution >= 4 is 11.0 Å². The number of hydrogen-bond donors (Lipinski definition) is 0. The molecule has 0 N–H and O–H groups in total. The van der Waals surface area contributed by atoms with Crippen LogP contribution in [-0.4, -0.2) is 14.5 Å². The number of fused-ring (bicyclic) bond motifs is 1. The first-order valence-electron chi connectivity index (χ1n) is 7.64. The maximum absolute atomic E-state index is 4.86. The van der Waals surface area contributed by atoms with Crippen LogP contribution in [0.4, 0.5) is 0 Å². The Morgan fingerprint density at radius 2 is 1.90 bits per heavy atom. The Bertz CT molecular complexity index is 729. The van der Waals surface area contributed by atoms with Crippen molar-refractivity contribution in [1.29, 1.82) is 0 Å². The van der Waals surface area contributed by atoms with Crippen molar-refractivity contribution in [2.75, 3.05) is 0 Å².